The zero-order valence-electron chi connectivity index (χ0n) is 17.8. The van der Waals surface area contributed by atoms with E-state index in [-0.39, 0.29) is 35.8 Å². The van der Waals surface area contributed by atoms with E-state index < -0.39 is 0 Å². The van der Waals surface area contributed by atoms with Crippen molar-refractivity contribution >= 4 is 11.8 Å². The number of amides is 2. The molecule has 1 fully saturated rings. The van der Waals surface area contributed by atoms with Crippen molar-refractivity contribution in [2.75, 3.05) is 19.6 Å². The number of aromatic nitrogens is 3. The molecule has 0 bridgehead atoms. The monoisotopic (exact) mass is 413 g/mol. The summed E-state index contributed by atoms with van der Waals surface area (Å²) in [5.74, 6) is 0.1000. The quantitative estimate of drug-likeness (QED) is 0.718. The van der Waals surface area contributed by atoms with Crippen LogP contribution in [0.2, 0.25) is 0 Å². The topological polar surface area (TPSA) is 91.6 Å². The molecule has 0 radical (unpaired) electrons. The Morgan fingerprint density at radius 2 is 2.03 bits per heavy atom. The largest absolute Gasteiger partial charge is 0.508 e. The Balaban J connectivity index is 1.63. The van der Waals surface area contributed by atoms with Crippen LogP contribution in [-0.2, 0) is 17.8 Å². The van der Waals surface area contributed by atoms with E-state index in [0.29, 0.717) is 19.6 Å². The first-order valence-electron chi connectivity index (χ1n) is 10.8. The van der Waals surface area contributed by atoms with Crippen molar-refractivity contribution in [2.45, 2.75) is 58.5 Å². The van der Waals surface area contributed by atoms with E-state index in [4.69, 9.17) is 0 Å². The van der Waals surface area contributed by atoms with Gasteiger partial charge in [-0.3, -0.25) is 9.59 Å². The molecular formula is C22H31N5O3. The second kappa shape index (κ2) is 10.2. The Bertz CT molecular complexity index is 862. The summed E-state index contributed by atoms with van der Waals surface area (Å²) in [7, 11) is 0. The number of carbonyl (C=O) groups is 2. The van der Waals surface area contributed by atoms with Crippen molar-refractivity contribution in [3.63, 3.8) is 0 Å². The van der Waals surface area contributed by atoms with Gasteiger partial charge in [0.25, 0.3) is 5.91 Å². The Hall–Kier alpha value is -2.90. The lowest BCUT2D eigenvalue weighted by Gasteiger charge is -2.35. The van der Waals surface area contributed by atoms with Gasteiger partial charge in [0.2, 0.25) is 5.91 Å². The first-order valence-corrected chi connectivity index (χ1v) is 10.8. The Labute approximate surface area is 177 Å². The lowest BCUT2D eigenvalue weighted by molar-refractivity contribution is -0.131. The zero-order chi connectivity index (χ0) is 21.5. The summed E-state index contributed by atoms with van der Waals surface area (Å²) >= 11 is 0. The van der Waals surface area contributed by atoms with Crippen molar-refractivity contribution < 1.29 is 14.7 Å². The van der Waals surface area contributed by atoms with Crippen LogP contribution in [0, 0.1) is 0 Å². The number of piperidine rings is 1. The summed E-state index contributed by atoms with van der Waals surface area (Å²) in [5, 5.41) is 17.7. The number of hydrogen-bond acceptors (Lipinski definition) is 5. The Morgan fingerprint density at radius 3 is 2.77 bits per heavy atom. The highest BCUT2D eigenvalue weighted by Crippen LogP contribution is 2.24. The molecule has 1 unspecified atom stereocenters. The number of aromatic hydroxyl groups is 1. The van der Waals surface area contributed by atoms with Crippen molar-refractivity contribution in [3.8, 4) is 5.75 Å². The summed E-state index contributed by atoms with van der Waals surface area (Å²) in [4.78, 5) is 29.0. The Kier molecular flexibility index (Phi) is 7.43. The molecule has 1 aliphatic rings. The summed E-state index contributed by atoms with van der Waals surface area (Å²) in [5.41, 5.74) is 1.35. The molecule has 0 aliphatic carbocycles. The standard InChI is InChI=1S/C22H31N5O3/c1-3-25(4-2)21(29)16-26-15-20(23-24-26)22(30)27-13-6-5-9-18(27)12-11-17-8-7-10-19(28)14-17/h7-8,10,14-15,18,28H,3-6,9,11-13,16H2,1-2H3. The van der Waals surface area contributed by atoms with Gasteiger partial charge >= 0.3 is 0 Å². The van der Waals surface area contributed by atoms with Crippen LogP contribution in [0.25, 0.3) is 0 Å². The smallest absolute Gasteiger partial charge is 0.276 e. The molecule has 0 saturated carbocycles. The average Bonchev–Trinajstić information content (AvgIpc) is 3.21. The van der Waals surface area contributed by atoms with Crippen LogP contribution < -0.4 is 0 Å². The van der Waals surface area contributed by atoms with E-state index in [1.807, 2.05) is 30.9 Å². The van der Waals surface area contributed by atoms with Crippen molar-refractivity contribution in [2.24, 2.45) is 0 Å². The minimum atomic E-state index is -0.128. The molecule has 1 saturated heterocycles. The highest BCUT2D eigenvalue weighted by Gasteiger charge is 2.29. The number of likely N-dealkylation sites (N-methyl/N-ethyl adjacent to an activating group) is 1. The molecule has 2 amide bonds. The number of nitrogens with zero attached hydrogens (tertiary/aromatic N) is 5. The number of benzene rings is 1. The van der Waals surface area contributed by atoms with Crippen LogP contribution in [0.15, 0.2) is 30.5 Å². The predicted octanol–water partition coefficient (Wildman–Crippen LogP) is 2.48. The molecule has 1 aromatic carbocycles. The molecule has 8 nitrogen and oxygen atoms in total. The van der Waals surface area contributed by atoms with E-state index in [0.717, 1.165) is 37.7 Å². The maximum absolute atomic E-state index is 13.1. The van der Waals surface area contributed by atoms with Gasteiger partial charge in [0.15, 0.2) is 5.69 Å². The van der Waals surface area contributed by atoms with E-state index in [9.17, 15) is 14.7 Å². The van der Waals surface area contributed by atoms with Gasteiger partial charge < -0.3 is 14.9 Å². The van der Waals surface area contributed by atoms with E-state index in [2.05, 4.69) is 10.3 Å². The average molecular weight is 414 g/mol. The molecule has 162 valence electrons. The molecule has 0 spiro atoms. The molecule has 3 rings (SSSR count). The van der Waals surface area contributed by atoms with Crippen LogP contribution in [-0.4, -0.2) is 67.4 Å². The van der Waals surface area contributed by atoms with Gasteiger partial charge in [-0.15, -0.1) is 5.10 Å². The number of rotatable bonds is 8. The third-order valence-electron chi connectivity index (χ3n) is 5.74. The fourth-order valence-corrected chi connectivity index (χ4v) is 4.05. The lowest BCUT2D eigenvalue weighted by Crippen LogP contribution is -2.44. The molecule has 1 atom stereocenters. The van der Waals surface area contributed by atoms with Gasteiger partial charge in [-0.25, -0.2) is 4.68 Å². The fraction of sp³-hybridized carbons (Fsp3) is 0.545. The van der Waals surface area contributed by atoms with Crippen LogP contribution in [0.5, 0.6) is 5.75 Å². The first-order chi connectivity index (χ1) is 14.5. The predicted molar refractivity (Wildman–Crippen MR) is 113 cm³/mol. The summed E-state index contributed by atoms with van der Waals surface area (Å²) in [6.07, 6.45) is 6.24. The second-order valence-electron chi connectivity index (χ2n) is 7.72. The van der Waals surface area contributed by atoms with Crippen LogP contribution in [0.3, 0.4) is 0 Å². The van der Waals surface area contributed by atoms with Gasteiger partial charge in [0, 0.05) is 25.7 Å². The number of phenolic OH excluding ortho intramolecular Hbond substituents is 1. The van der Waals surface area contributed by atoms with E-state index >= 15 is 0 Å². The molecule has 2 aromatic rings. The van der Waals surface area contributed by atoms with Crippen molar-refractivity contribution in [3.05, 3.63) is 41.7 Å². The van der Waals surface area contributed by atoms with Gasteiger partial charge in [0.05, 0.1) is 6.20 Å². The maximum atomic E-state index is 13.1. The van der Waals surface area contributed by atoms with E-state index in [1.165, 1.54) is 4.68 Å². The highest BCUT2D eigenvalue weighted by molar-refractivity contribution is 5.92. The minimum absolute atomic E-state index is 0.0362. The molecule has 30 heavy (non-hydrogen) atoms. The summed E-state index contributed by atoms with van der Waals surface area (Å²) in [6, 6.07) is 7.40. The van der Waals surface area contributed by atoms with Crippen molar-refractivity contribution in [1.29, 1.82) is 0 Å². The lowest BCUT2D eigenvalue weighted by atomic mass is 9.95. The van der Waals surface area contributed by atoms with Crippen molar-refractivity contribution in [1.82, 2.24) is 24.8 Å². The molecule has 2 heterocycles. The number of hydrogen-bond donors (Lipinski definition) is 1. The zero-order valence-corrected chi connectivity index (χ0v) is 17.8. The summed E-state index contributed by atoms with van der Waals surface area (Å²) in [6.45, 7) is 5.95. The SMILES string of the molecule is CCN(CC)C(=O)Cn1cc(C(=O)N2CCCCC2CCc2cccc(O)c2)nn1. The fourth-order valence-electron chi connectivity index (χ4n) is 4.05. The number of carbonyl (C=O) groups excluding carboxylic acids is 2. The third kappa shape index (κ3) is 5.37. The number of aryl methyl sites for hydroxylation is 1. The van der Waals surface area contributed by atoms with Gasteiger partial charge in [-0.1, -0.05) is 17.3 Å². The van der Waals surface area contributed by atoms with Gasteiger partial charge in [-0.2, -0.15) is 0 Å². The third-order valence-corrected chi connectivity index (χ3v) is 5.74. The van der Waals surface area contributed by atoms with Crippen LogP contribution >= 0.6 is 0 Å². The minimum Gasteiger partial charge on any atom is -0.508 e. The number of likely N-dealkylation sites (tertiary alicyclic amines) is 1. The summed E-state index contributed by atoms with van der Waals surface area (Å²) < 4.78 is 1.44. The molecule has 1 aliphatic heterocycles. The van der Waals surface area contributed by atoms with Crippen LogP contribution in [0.1, 0.15) is 55.6 Å². The normalized spacial score (nSPS) is 16.5. The first kappa shape index (κ1) is 21.8. The van der Waals surface area contributed by atoms with E-state index in [1.54, 1.807) is 23.2 Å². The van der Waals surface area contributed by atoms with Gasteiger partial charge in [0.1, 0.15) is 12.3 Å². The molecule has 1 N–H and O–H groups in total. The molecule has 8 heteroatoms. The molecular weight excluding hydrogens is 382 g/mol. The number of phenols is 1. The molecule has 1 aromatic heterocycles. The van der Waals surface area contributed by atoms with Crippen LogP contribution in [0.4, 0.5) is 0 Å². The van der Waals surface area contributed by atoms with Gasteiger partial charge in [-0.05, 0) is 63.6 Å². The second-order valence-corrected chi connectivity index (χ2v) is 7.72. The maximum Gasteiger partial charge on any atom is 0.276 e. The highest BCUT2D eigenvalue weighted by atomic mass is 16.3. The Morgan fingerprint density at radius 1 is 1.23 bits per heavy atom.